The van der Waals surface area contributed by atoms with Crippen molar-refractivity contribution in [1.82, 2.24) is 10.2 Å². The third-order valence-corrected chi connectivity index (χ3v) is 7.77. The monoisotopic (exact) mass is 485 g/mol. The van der Waals surface area contributed by atoms with Gasteiger partial charge in [0.2, 0.25) is 0 Å². The van der Waals surface area contributed by atoms with Crippen molar-refractivity contribution in [2.24, 2.45) is 0 Å². The Morgan fingerprint density at radius 3 is 2.80 bits per heavy atom. The first-order valence-electron chi connectivity index (χ1n) is 12.0. The number of carbonyl (C=O) groups excluding carboxylic acids is 1. The molecule has 2 aromatic carbocycles. The third-order valence-electron chi connectivity index (χ3n) is 7.77. The Morgan fingerprint density at radius 1 is 1.17 bits per heavy atom. The number of halogens is 1. The van der Waals surface area contributed by atoms with Crippen LogP contribution in [0.3, 0.4) is 0 Å². The van der Waals surface area contributed by atoms with E-state index in [-0.39, 0.29) is 36.6 Å². The molecule has 2 aliphatic heterocycles. The number of nitrogens with one attached hydrogen (secondary N) is 2. The maximum absolute atomic E-state index is 14.5. The van der Waals surface area contributed by atoms with Gasteiger partial charge in [-0.15, -0.1) is 0 Å². The zero-order valence-electron chi connectivity index (χ0n) is 20.4. The summed E-state index contributed by atoms with van der Waals surface area (Å²) in [5.74, 6) is 1.46. The molecule has 9 heteroatoms. The highest BCUT2D eigenvalue weighted by Crippen LogP contribution is 2.49. The summed E-state index contributed by atoms with van der Waals surface area (Å²) in [5, 5.41) is 5.72. The molecule has 2 amide bonds. The number of nitrogens with zero attached hydrogens (tertiary/aromatic N) is 1. The summed E-state index contributed by atoms with van der Waals surface area (Å²) < 4.78 is 36.1. The molecule has 0 spiro atoms. The number of hydrogen-bond donors (Lipinski definition) is 2. The van der Waals surface area contributed by atoms with E-state index >= 15 is 0 Å². The lowest BCUT2D eigenvalue weighted by Gasteiger charge is -2.45. The molecule has 5 rings (SSSR count). The Kier molecular flexibility index (Phi) is 6.46. The molecule has 0 bridgehead atoms. The molecule has 0 aromatic heterocycles. The molecule has 0 radical (unpaired) electrons. The number of ether oxygens (including phenoxy) is 4. The van der Waals surface area contributed by atoms with Gasteiger partial charge in [0.25, 0.3) is 0 Å². The summed E-state index contributed by atoms with van der Waals surface area (Å²) >= 11 is 0. The summed E-state index contributed by atoms with van der Waals surface area (Å²) in [5.41, 5.74) is 1.96. The van der Waals surface area contributed by atoms with E-state index in [0.717, 1.165) is 43.7 Å². The highest BCUT2D eigenvalue weighted by Gasteiger charge is 2.50. The van der Waals surface area contributed by atoms with Gasteiger partial charge in [-0.3, -0.25) is 0 Å². The minimum atomic E-state index is -0.514. The normalized spacial score (nSPS) is 25.7. The van der Waals surface area contributed by atoms with Gasteiger partial charge in [-0.05, 0) is 63.0 Å². The Bertz CT molecular complexity index is 1110. The van der Waals surface area contributed by atoms with Crippen molar-refractivity contribution in [3.63, 3.8) is 0 Å². The molecule has 1 saturated carbocycles. The van der Waals surface area contributed by atoms with Crippen molar-refractivity contribution in [2.45, 2.75) is 49.8 Å². The smallest absolute Gasteiger partial charge is 0.319 e. The fourth-order valence-electron chi connectivity index (χ4n) is 5.93. The van der Waals surface area contributed by atoms with Gasteiger partial charge >= 0.3 is 6.03 Å². The Hall–Kier alpha value is -3.04. The molecular formula is C26H32FN3O5. The van der Waals surface area contributed by atoms with Crippen LogP contribution in [0.2, 0.25) is 0 Å². The zero-order chi connectivity index (χ0) is 24.6. The molecule has 3 atom stereocenters. The van der Waals surface area contributed by atoms with Gasteiger partial charge in [-0.2, -0.15) is 0 Å². The number of likely N-dealkylation sites (N-methyl/N-ethyl adjacent to an activating group) is 1. The largest absolute Gasteiger partial charge is 0.493 e. The second-order valence-electron chi connectivity index (χ2n) is 9.59. The lowest BCUT2D eigenvalue weighted by molar-refractivity contribution is -0.0165. The first-order chi connectivity index (χ1) is 16.9. The van der Waals surface area contributed by atoms with Crippen molar-refractivity contribution in [2.75, 3.05) is 39.9 Å². The number of methoxy groups -OCH3 is 2. The Labute approximate surface area is 204 Å². The van der Waals surface area contributed by atoms with E-state index in [1.807, 2.05) is 6.07 Å². The van der Waals surface area contributed by atoms with Gasteiger partial charge in [0.05, 0.1) is 26.5 Å². The van der Waals surface area contributed by atoms with Gasteiger partial charge in [0.15, 0.2) is 18.3 Å². The van der Waals surface area contributed by atoms with Crippen LogP contribution < -0.4 is 24.8 Å². The van der Waals surface area contributed by atoms with Crippen molar-refractivity contribution >= 4 is 11.7 Å². The quantitative estimate of drug-likeness (QED) is 0.666. The number of likely N-dealkylation sites (tertiary alicyclic amines) is 1. The standard InChI is InChI=1S/C26H32FN3O5/c1-30-9-8-26(17-4-5-21(32-2)23(11-17)33-3)7-6-18(12-24(26)30)28-25(31)29-20-13-22-16(10-19(20)27)14-34-15-35-22/h4-5,10-11,13,18,24H,6-9,12,14-15H2,1-3H3,(H2,28,29,31). The zero-order valence-corrected chi connectivity index (χ0v) is 20.4. The van der Waals surface area contributed by atoms with E-state index in [4.69, 9.17) is 18.9 Å². The molecule has 1 saturated heterocycles. The molecule has 1 aliphatic carbocycles. The number of rotatable bonds is 5. The predicted octanol–water partition coefficient (Wildman–Crippen LogP) is 4.03. The van der Waals surface area contributed by atoms with E-state index in [0.29, 0.717) is 11.3 Å². The number of fused-ring (bicyclic) bond motifs is 2. The van der Waals surface area contributed by atoms with E-state index in [1.165, 1.54) is 17.7 Å². The SMILES string of the molecule is COc1ccc(C23CCC(NC(=O)Nc4cc5c(cc4F)COCO5)CC2N(C)CC3)cc1OC. The third kappa shape index (κ3) is 4.38. The van der Waals surface area contributed by atoms with Gasteiger partial charge in [-0.1, -0.05) is 6.07 Å². The Morgan fingerprint density at radius 2 is 2.00 bits per heavy atom. The van der Waals surface area contributed by atoms with Crippen LogP contribution in [0.15, 0.2) is 30.3 Å². The average Bonchev–Trinajstić information content (AvgIpc) is 3.21. The van der Waals surface area contributed by atoms with Gasteiger partial charge in [0.1, 0.15) is 11.6 Å². The number of hydrogen-bond acceptors (Lipinski definition) is 6. The molecule has 2 aromatic rings. The molecule has 8 nitrogen and oxygen atoms in total. The predicted molar refractivity (Wildman–Crippen MR) is 129 cm³/mol. The van der Waals surface area contributed by atoms with Gasteiger partial charge in [0, 0.05) is 29.1 Å². The lowest BCUT2D eigenvalue weighted by atomic mass is 9.65. The van der Waals surface area contributed by atoms with Crippen LogP contribution in [0, 0.1) is 5.82 Å². The second kappa shape index (κ2) is 9.54. The first-order valence-corrected chi connectivity index (χ1v) is 12.0. The molecule has 188 valence electrons. The topological polar surface area (TPSA) is 81.3 Å². The summed E-state index contributed by atoms with van der Waals surface area (Å²) in [7, 11) is 5.44. The summed E-state index contributed by atoms with van der Waals surface area (Å²) in [6.45, 7) is 1.39. The van der Waals surface area contributed by atoms with E-state index in [1.54, 1.807) is 14.2 Å². The number of urea groups is 1. The van der Waals surface area contributed by atoms with Crippen LogP contribution in [-0.4, -0.2) is 57.6 Å². The van der Waals surface area contributed by atoms with Crippen molar-refractivity contribution in [3.05, 3.63) is 47.3 Å². The van der Waals surface area contributed by atoms with Crippen molar-refractivity contribution in [1.29, 1.82) is 0 Å². The molecule has 2 N–H and O–H groups in total. The van der Waals surface area contributed by atoms with Crippen molar-refractivity contribution in [3.8, 4) is 17.2 Å². The van der Waals surface area contributed by atoms with E-state index in [9.17, 15) is 9.18 Å². The number of benzene rings is 2. The summed E-state index contributed by atoms with van der Waals surface area (Å²) in [6.07, 6.45) is 3.63. The summed E-state index contributed by atoms with van der Waals surface area (Å²) in [6, 6.07) is 8.90. The van der Waals surface area contributed by atoms with Crippen LogP contribution >= 0.6 is 0 Å². The minimum absolute atomic E-state index is 0.00698. The van der Waals surface area contributed by atoms with Gasteiger partial charge < -0.3 is 34.5 Å². The Balaban J connectivity index is 1.29. The molecular weight excluding hydrogens is 453 g/mol. The van der Waals surface area contributed by atoms with Crippen LogP contribution in [-0.2, 0) is 16.8 Å². The van der Waals surface area contributed by atoms with Crippen LogP contribution in [0.25, 0.3) is 0 Å². The second-order valence-corrected chi connectivity index (χ2v) is 9.59. The first kappa shape index (κ1) is 23.7. The van der Waals surface area contributed by atoms with Crippen LogP contribution in [0.5, 0.6) is 17.2 Å². The summed E-state index contributed by atoms with van der Waals surface area (Å²) in [4.78, 5) is 15.2. The fourth-order valence-corrected chi connectivity index (χ4v) is 5.93. The van der Waals surface area contributed by atoms with E-state index in [2.05, 4.69) is 34.7 Å². The maximum Gasteiger partial charge on any atom is 0.319 e. The average molecular weight is 486 g/mol. The lowest BCUT2D eigenvalue weighted by Crippen LogP contribution is -2.52. The van der Waals surface area contributed by atoms with E-state index < -0.39 is 11.8 Å². The van der Waals surface area contributed by atoms with Crippen LogP contribution in [0.1, 0.15) is 36.8 Å². The maximum atomic E-state index is 14.5. The highest BCUT2D eigenvalue weighted by atomic mass is 19.1. The molecule has 2 heterocycles. The fraction of sp³-hybridized carbons (Fsp3) is 0.500. The minimum Gasteiger partial charge on any atom is -0.493 e. The molecule has 3 aliphatic rings. The molecule has 35 heavy (non-hydrogen) atoms. The molecule has 2 fully saturated rings. The number of anilines is 1. The number of amides is 2. The van der Waals surface area contributed by atoms with Gasteiger partial charge in [-0.25, -0.2) is 9.18 Å². The van der Waals surface area contributed by atoms with Crippen molar-refractivity contribution < 1.29 is 28.1 Å². The van der Waals surface area contributed by atoms with Crippen LogP contribution in [0.4, 0.5) is 14.9 Å². The number of carbonyl (C=O) groups is 1. The molecule has 3 unspecified atom stereocenters. The highest BCUT2D eigenvalue weighted by molar-refractivity contribution is 5.90.